The van der Waals surface area contributed by atoms with E-state index in [1.165, 1.54) is 12.4 Å². The highest BCUT2D eigenvalue weighted by Crippen LogP contribution is 2.38. The van der Waals surface area contributed by atoms with E-state index in [1.54, 1.807) is 29.4 Å². The second-order valence-corrected chi connectivity index (χ2v) is 9.45. The van der Waals surface area contributed by atoms with E-state index >= 15 is 0 Å². The lowest BCUT2D eigenvalue weighted by Gasteiger charge is -2.36. The second kappa shape index (κ2) is 8.98. The molecule has 1 aliphatic heterocycles. The Morgan fingerprint density at radius 2 is 1.77 bits per heavy atom. The average molecular weight is 475 g/mol. The van der Waals surface area contributed by atoms with Gasteiger partial charge in [-0.2, -0.15) is 0 Å². The van der Waals surface area contributed by atoms with E-state index in [1.807, 2.05) is 49.7 Å². The van der Waals surface area contributed by atoms with Gasteiger partial charge in [-0.15, -0.1) is 0 Å². The van der Waals surface area contributed by atoms with Gasteiger partial charge in [-0.3, -0.25) is 9.55 Å². The highest BCUT2D eigenvalue weighted by atomic mass is 19.1. The Bertz CT molecular complexity index is 1360. The quantitative estimate of drug-likeness (QED) is 0.429. The number of hydrogen-bond acceptors (Lipinski definition) is 6. The van der Waals surface area contributed by atoms with E-state index in [0.717, 1.165) is 11.1 Å². The maximum atomic E-state index is 14.9. The minimum atomic E-state index is -0.545. The molecule has 5 rings (SSSR count). The Morgan fingerprint density at radius 3 is 2.46 bits per heavy atom. The summed E-state index contributed by atoms with van der Waals surface area (Å²) in [6.45, 7) is 7.71. The summed E-state index contributed by atoms with van der Waals surface area (Å²) in [7, 11) is 0. The number of carbonyl (C=O) groups is 1. The highest BCUT2D eigenvalue weighted by Gasteiger charge is 2.28. The zero-order chi connectivity index (χ0) is 24.6. The topological polar surface area (TPSA) is 76.4 Å². The normalized spacial score (nSPS) is 14.4. The lowest BCUT2D eigenvalue weighted by Crippen LogP contribution is -2.50. The Hall–Kier alpha value is -4.01. The van der Waals surface area contributed by atoms with Gasteiger partial charge in [0.05, 0.1) is 17.3 Å². The monoisotopic (exact) mass is 474 g/mol. The highest BCUT2D eigenvalue weighted by molar-refractivity contribution is 6.02. The third kappa shape index (κ3) is 4.53. The summed E-state index contributed by atoms with van der Waals surface area (Å²) in [6, 6.07) is 10.5. The lowest BCUT2D eigenvalue weighted by atomic mass is 10.1. The fourth-order valence-corrected chi connectivity index (χ4v) is 4.29. The van der Waals surface area contributed by atoms with Crippen molar-refractivity contribution in [3.05, 3.63) is 67.1 Å². The number of carbonyl (C=O) groups excluding carboxylic acids is 1. The largest absolute Gasteiger partial charge is 0.444 e. The fourth-order valence-electron chi connectivity index (χ4n) is 4.29. The Morgan fingerprint density at radius 1 is 1.00 bits per heavy atom. The van der Waals surface area contributed by atoms with Crippen LogP contribution in [0.3, 0.4) is 0 Å². The zero-order valence-electron chi connectivity index (χ0n) is 20.0. The molecule has 0 unspecified atom stereocenters. The summed E-state index contributed by atoms with van der Waals surface area (Å²) in [5, 5.41) is 0.757. The first-order valence-corrected chi connectivity index (χ1v) is 11.6. The number of benzene rings is 1. The van der Waals surface area contributed by atoms with Crippen LogP contribution in [0.5, 0.6) is 0 Å². The lowest BCUT2D eigenvalue weighted by molar-refractivity contribution is 0.0240. The van der Waals surface area contributed by atoms with Gasteiger partial charge in [0.2, 0.25) is 0 Å². The van der Waals surface area contributed by atoms with Gasteiger partial charge in [0.25, 0.3) is 0 Å². The molecule has 0 atom stereocenters. The molecule has 0 aliphatic carbocycles. The number of ether oxygens (including phenoxy) is 1. The molecule has 0 spiro atoms. The van der Waals surface area contributed by atoms with Crippen LogP contribution < -0.4 is 4.90 Å². The summed E-state index contributed by atoms with van der Waals surface area (Å²) in [5.41, 5.74) is 2.11. The van der Waals surface area contributed by atoms with Gasteiger partial charge < -0.3 is 14.5 Å². The molecule has 35 heavy (non-hydrogen) atoms. The van der Waals surface area contributed by atoms with Crippen molar-refractivity contribution in [3.63, 3.8) is 0 Å². The summed E-state index contributed by atoms with van der Waals surface area (Å²) in [4.78, 5) is 29.7. The van der Waals surface area contributed by atoms with Gasteiger partial charge in [-0.05, 0) is 39.0 Å². The number of hydrogen-bond donors (Lipinski definition) is 0. The van der Waals surface area contributed by atoms with Crippen molar-refractivity contribution in [2.24, 2.45) is 0 Å². The smallest absolute Gasteiger partial charge is 0.410 e. The van der Waals surface area contributed by atoms with Crippen molar-refractivity contribution in [1.29, 1.82) is 0 Å². The van der Waals surface area contributed by atoms with Crippen LogP contribution in [0.2, 0.25) is 0 Å². The molecular formula is C26H27FN6O2. The van der Waals surface area contributed by atoms with Crippen LogP contribution >= 0.6 is 0 Å². The first kappa shape index (κ1) is 22.8. The minimum absolute atomic E-state index is 0.317. The number of pyridine rings is 1. The molecule has 4 aromatic rings. The third-order valence-corrected chi connectivity index (χ3v) is 5.88. The van der Waals surface area contributed by atoms with E-state index in [4.69, 9.17) is 4.74 Å². The molecule has 4 heterocycles. The van der Waals surface area contributed by atoms with Gasteiger partial charge in [0.1, 0.15) is 23.6 Å². The molecule has 3 aromatic heterocycles. The molecule has 0 N–H and O–H groups in total. The van der Waals surface area contributed by atoms with Crippen LogP contribution in [0.15, 0.2) is 61.3 Å². The van der Waals surface area contributed by atoms with Crippen molar-refractivity contribution < 1.29 is 13.9 Å². The summed E-state index contributed by atoms with van der Waals surface area (Å²) in [6.07, 6.45) is 6.54. The number of halogens is 1. The number of amides is 1. The number of rotatable bonds is 3. The van der Waals surface area contributed by atoms with Gasteiger partial charge in [-0.1, -0.05) is 18.2 Å². The van der Waals surface area contributed by atoms with Crippen molar-refractivity contribution in [2.45, 2.75) is 26.4 Å². The van der Waals surface area contributed by atoms with Crippen molar-refractivity contribution >= 4 is 22.9 Å². The molecule has 8 nitrogen and oxygen atoms in total. The Balaban J connectivity index is 1.56. The van der Waals surface area contributed by atoms with Crippen molar-refractivity contribution in [1.82, 2.24) is 24.4 Å². The Labute approximate surface area is 203 Å². The van der Waals surface area contributed by atoms with Gasteiger partial charge in [0, 0.05) is 49.7 Å². The van der Waals surface area contributed by atoms with Crippen LogP contribution in [-0.2, 0) is 4.74 Å². The van der Waals surface area contributed by atoms with E-state index in [-0.39, 0.29) is 11.9 Å². The van der Waals surface area contributed by atoms with E-state index in [2.05, 4.69) is 19.9 Å². The summed E-state index contributed by atoms with van der Waals surface area (Å²) in [5.74, 6) is 0.391. The minimum Gasteiger partial charge on any atom is -0.444 e. The fraction of sp³-hybridized carbons (Fsp3) is 0.308. The van der Waals surface area contributed by atoms with Gasteiger partial charge >= 0.3 is 6.09 Å². The Kier molecular flexibility index (Phi) is 5.84. The number of anilines is 1. The molecule has 0 saturated carbocycles. The third-order valence-electron chi connectivity index (χ3n) is 5.88. The molecule has 1 fully saturated rings. The van der Waals surface area contributed by atoms with Gasteiger partial charge in [-0.25, -0.2) is 19.2 Å². The van der Waals surface area contributed by atoms with Crippen LogP contribution in [0, 0.1) is 5.82 Å². The molecule has 1 saturated heterocycles. The predicted octanol–water partition coefficient (Wildman–Crippen LogP) is 4.68. The first-order chi connectivity index (χ1) is 16.8. The standard InChI is InChI=1S/C26H27FN6O2/c1-26(2,3)35-25(34)32-13-11-31(12-14-32)23-22-20(19-8-4-5-9-21(19)27)16-33(24(22)30-17-29-23)18-7-6-10-28-15-18/h4-10,15-17H,11-14H2,1-3H3. The number of fused-ring (bicyclic) bond motifs is 1. The van der Waals surface area contributed by atoms with Crippen LogP contribution in [-0.4, -0.2) is 62.3 Å². The van der Waals surface area contributed by atoms with Crippen LogP contribution in [0.25, 0.3) is 27.8 Å². The molecule has 1 amide bonds. The molecule has 0 bridgehead atoms. The molecular weight excluding hydrogens is 447 g/mol. The van der Waals surface area contributed by atoms with E-state index in [0.29, 0.717) is 48.8 Å². The maximum Gasteiger partial charge on any atom is 0.410 e. The van der Waals surface area contributed by atoms with Crippen molar-refractivity contribution in [2.75, 3.05) is 31.1 Å². The van der Waals surface area contributed by atoms with Gasteiger partial charge in [0.15, 0.2) is 5.65 Å². The summed E-state index contributed by atoms with van der Waals surface area (Å²) >= 11 is 0. The number of piperazine rings is 1. The zero-order valence-corrected chi connectivity index (χ0v) is 20.0. The molecule has 9 heteroatoms. The maximum absolute atomic E-state index is 14.9. The molecule has 1 aliphatic rings. The second-order valence-electron chi connectivity index (χ2n) is 9.45. The van der Waals surface area contributed by atoms with Crippen molar-refractivity contribution in [3.8, 4) is 16.8 Å². The number of nitrogens with zero attached hydrogens (tertiary/aromatic N) is 6. The molecule has 0 radical (unpaired) electrons. The predicted molar refractivity (Wildman–Crippen MR) is 132 cm³/mol. The molecule has 1 aromatic carbocycles. The first-order valence-electron chi connectivity index (χ1n) is 11.6. The van der Waals surface area contributed by atoms with Crippen LogP contribution in [0.4, 0.5) is 15.0 Å². The van der Waals surface area contributed by atoms with Crippen LogP contribution in [0.1, 0.15) is 20.8 Å². The van der Waals surface area contributed by atoms with E-state index in [9.17, 15) is 9.18 Å². The summed E-state index contributed by atoms with van der Waals surface area (Å²) < 4.78 is 22.4. The average Bonchev–Trinajstić information content (AvgIpc) is 3.24. The SMILES string of the molecule is CC(C)(C)OC(=O)N1CCN(c2ncnc3c2c(-c2ccccc2F)cn3-c2cccnc2)CC1. The number of aromatic nitrogens is 4. The van der Waals surface area contributed by atoms with E-state index < -0.39 is 5.60 Å². The molecule has 180 valence electrons.